The summed E-state index contributed by atoms with van der Waals surface area (Å²) in [6.07, 6.45) is 3.76. The molecule has 3 heteroatoms. The molecule has 2 aliphatic rings. The van der Waals surface area contributed by atoms with Gasteiger partial charge in [-0.1, -0.05) is 24.3 Å². The molecule has 0 aromatic heterocycles. The van der Waals surface area contributed by atoms with E-state index in [1.54, 1.807) is 14.2 Å². The monoisotopic (exact) mass is 350 g/mol. The molecule has 26 heavy (non-hydrogen) atoms. The average molecular weight is 350 g/mol. The standard InChI is InChI=1S/C23H26O3/c1-25-20-7-3-15(4-8-20)22-13-17(22)11-19(24)12-18-14-23(18)16-5-9-21(26-2)10-6-16/h3-10,17-18,22-23H,11-14H2,1-2H3. The first kappa shape index (κ1) is 17.1. The van der Waals surface area contributed by atoms with Gasteiger partial charge < -0.3 is 9.47 Å². The summed E-state index contributed by atoms with van der Waals surface area (Å²) in [6.45, 7) is 0. The van der Waals surface area contributed by atoms with E-state index in [1.807, 2.05) is 24.3 Å². The number of ether oxygens (including phenoxy) is 2. The summed E-state index contributed by atoms with van der Waals surface area (Å²) in [5.41, 5.74) is 2.68. The molecule has 2 aromatic rings. The Morgan fingerprint density at radius 1 is 0.769 bits per heavy atom. The largest absolute Gasteiger partial charge is 0.497 e. The van der Waals surface area contributed by atoms with Gasteiger partial charge in [0.2, 0.25) is 0 Å². The highest BCUT2D eigenvalue weighted by Crippen LogP contribution is 2.53. The van der Waals surface area contributed by atoms with Crippen LogP contribution in [0.1, 0.15) is 48.6 Å². The molecule has 0 radical (unpaired) electrons. The van der Waals surface area contributed by atoms with Crippen LogP contribution in [0, 0.1) is 11.8 Å². The van der Waals surface area contributed by atoms with Gasteiger partial charge in [-0.2, -0.15) is 0 Å². The smallest absolute Gasteiger partial charge is 0.133 e. The Kier molecular flexibility index (Phi) is 4.71. The topological polar surface area (TPSA) is 35.5 Å². The van der Waals surface area contributed by atoms with Gasteiger partial charge in [-0.25, -0.2) is 0 Å². The first-order valence-corrected chi connectivity index (χ1v) is 9.47. The van der Waals surface area contributed by atoms with Crippen molar-refractivity contribution in [3.05, 3.63) is 59.7 Å². The Morgan fingerprint density at radius 2 is 1.15 bits per heavy atom. The van der Waals surface area contributed by atoms with Gasteiger partial charge in [-0.3, -0.25) is 4.79 Å². The molecule has 4 unspecified atom stereocenters. The summed E-state index contributed by atoms with van der Waals surface area (Å²) >= 11 is 0. The molecule has 2 fully saturated rings. The van der Waals surface area contributed by atoms with Crippen molar-refractivity contribution in [2.75, 3.05) is 14.2 Å². The van der Waals surface area contributed by atoms with Crippen LogP contribution in [0.4, 0.5) is 0 Å². The molecular weight excluding hydrogens is 324 g/mol. The van der Waals surface area contributed by atoms with Gasteiger partial charge in [0.05, 0.1) is 14.2 Å². The third-order valence-electron chi connectivity index (χ3n) is 5.91. The quantitative estimate of drug-likeness (QED) is 0.675. The van der Waals surface area contributed by atoms with Crippen LogP contribution in [-0.4, -0.2) is 20.0 Å². The molecule has 0 N–H and O–H groups in total. The highest BCUT2D eigenvalue weighted by Gasteiger charge is 2.43. The molecule has 2 saturated carbocycles. The summed E-state index contributed by atoms with van der Waals surface area (Å²) < 4.78 is 10.4. The van der Waals surface area contributed by atoms with Crippen LogP contribution in [-0.2, 0) is 4.79 Å². The number of hydrogen-bond acceptors (Lipinski definition) is 3. The Hall–Kier alpha value is -2.29. The second-order valence-corrected chi connectivity index (χ2v) is 7.70. The van der Waals surface area contributed by atoms with Gasteiger partial charge in [-0.15, -0.1) is 0 Å². The lowest BCUT2D eigenvalue weighted by molar-refractivity contribution is -0.119. The van der Waals surface area contributed by atoms with Gasteiger partial charge in [0.15, 0.2) is 0 Å². The van der Waals surface area contributed by atoms with Crippen molar-refractivity contribution in [3.63, 3.8) is 0 Å². The molecule has 2 aromatic carbocycles. The number of methoxy groups -OCH3 is 2. The minimum atomic E-state index is 0.437. The Morgan fingerprint density at radius 3 is 1.50 bits per heavy atom. The molecule has 2 aliphatic carbocycles. The minimum Gasteiger partial charge on any atom is -0.497 e. The fourth-order valence-electron chi connectivity index (χ4n) is 4.13. The Bertz CT molecular complexity index is 698. The molecule has 0 aliphatic heterocycles. The van der Waals surface area contributed by atoms with Crippen molar-refractivity contribution in [1.29, 1.82) is 0 Å². The zero-order chi connectivity index (χ0) is 18.1. The lowest BCUT2D eigenvalue weighted by atomic mass is 10.0. The molecular formula is C23H26O3. The summed E-state index contributed by atoms with van der Waals surface area (Å²) in [4.78, 5) is 12.5. The van der Waals surface area contributed by atoms with Gasteiger partial charge in [0.1, 0.15) is 17.3 Å². The van der Waals surface area contributed by atoms with Crippen LogP contribution in [0.5, 0.6) is 11.5 Å². The molecule has 3 nitrogen and oxygen atoms in total. The van der Waals surface area contributed by atoms with Crippen molar-refractivity contribution in [3.8, 4) is 11.5 Å². The fourth-order valence-corrected chi connectivity index (χ4v) is 4.13. The van der Waals surface area contributed by atoms with Crippen molar-refractivity contribution in [2.24, 2.45) is 11.8 Å². The molecule has 4 atom stereocenters. The summed E-state index contributed by atoms with van der Waals surface area (Å²) in [6, 6.07) is 16.6. The molecule has 136 valence electrons. The molecule has 4 rings (SSSR count). The summed E-state index contributed by atoms with van der Waals surface area (Å²) in [7, 11) is 3.37. The minimum absolute atomic E-state index is 0.437. The van der Waals surface area contributed by atoms with E-state index in [1.165, 1.54) is 11.1 Å². The highest BCUT2D eigenvalue weighted by atomic mass is 16.5. The first-order valence-electron chi connectivity index (χ1n) is 9.47. The van der Waals surface area contributed by atoms with Crippen LogP contribution in [0.3, 0.4) is 0 Å². The van der Waals surface area contributed by atoms with Crippen LogP contribution >= 0.6 is 0 Å². The van der Waals surface area contributed by atoms with Crippen LogP contribution < -0.4 is 9.47 Å². The second-order valence-electron chi connectivity index (χ2n) is 7.70. The van der Waals surface area contributed by atoms with Gasteiger partial charge in [0, 0.05) is 12.8 Å². The van der Waals surface area contributed by atoms with E-state index in [2.05, 4.69) is 24.3 Å². The number of benzene rings is 2. The average Bonchev–Trinajstić information content (AvgIpc) is 3.59. The van der Waals surface area contributed by atoms with E-state index < -0.39 is 0 Å². The van der Waals surface area contributed by atoms with Crippen LogP contribution in [0.15, 0.2) is 48.5 Å². The maximum atomic E-state index is 12.5. The van der Waals surface area contributed by atoms with E-state index in [9.17, 15) is 4.79 Å². The zero-order valence-electron chi connectivity index (χ0n) is 15.5. The molecule has 0 bridgehead atoms. The Balaban J connectivity index is 1.24. The third-order valence-corrected chi connectivity index (χ3v) is 5.91. The van der Waals surface area contributed by atoms with Crippen molar-refractivity contribution in [1.82, 2.24) is 0 Å². The predicted molar refractivity (Wildman–Crippen MR) is 102 cm³/mol. The van der Waals surface area contributed by atoms with Gasteiger partial charge in [0.25, 0.3) is 0 Å². The highest BCUT2D eigenvalue weighted by molar-refractivity contribution is 5.80. The number of hydrogen-bond donors (Lipinski definition) is 0. The molecule has 0 amide bonds. The number of carbonyl (C=O) groups is 1. The Labute approximate surface area is 155 Å². The van der Waals surface area contributed by atoms with Gasteiger partial charge in [-0.05, 0) is 71.9 Å². The third kappa shape index (κ3) is 3.77. The van der Waals surface area contributed by atoms with Crippen molar-refractivity contribution >= 4 is 5.78 Å². The molecule has 0 saturated heterocycles. The van der Waals surface area contributed by atoms with E-state index in [-0.39, 0.29) is 0 Å². The number of ketones is 1. The number of rotatable bonds is 8. The lowest BCUT2D eigenvalue weighted by Gasteiger charge is -2.04. The van der Waals surface area contributed by atoms with E-state index >= 15 is 0 Å². The zero-order valence-corrected chi connectivity index (χ0v) is 15.5. The fraction of sp³-hybridized carbons (Fsp3) is 0.435. The summed E-state index contributed by atoms with van der Waals surface area (Å²) in [5, 5.41) is 0. The lowest BCUT2D eigenvalue weighted by Crippen LogP contribution is -2.02. The van der Waals surface area contributed by atoms with E-state index in [0.717, 1.165) is 37.2 Å². The maximum absolute atomic E-state index is 12.5. The van der Waals surface area contributed by atoms with Crippen molar-refractivity contribution < 1.29 is 14.3 Å². The molecule has 0 heterocycles. The van der Waals surface area contributed by atoms with E-state index in [4.69, 9.17) is 9.47 Å². The van der Waals surface area contributed by atoms with E-state index in [0.29, 0.717) is 29.5 Å². The van der Waals surface area contributed by atoms with Crippen molar-refractivity contribution in [2.45, 2.75) is 37.5 Å². The van der Waals surface area contributed by atoms with Crippen LogP contribution in [0.25, 0.3) is 0 Å². The van der Waals surface area contributed by atoms with Gasteiger partial charge >= 0.3 is 0 Å². The molecule has 0 spiro atoms. The number of carbonyl (C=O) groups excluding carboxylic acids is 1. The first-order chi connectivity index (χ1) is 12.7. The normalized spacial score (nSPS) is 26.2. The SMILES string of the molecule is COc1ccc(C2CC2CC(=O)CC2CC2c2ccc(OC)cc2)cc1. The second kappa shape index (κ2) is 7.14. The summed E-state index contributed by atoms with van der Waals surface area (Å²) in [5.74, 6) is 4.40. The number of Topliss-reactive ketones (excluding diaryl/α,β-unsaturated/α-hetero) is 1. The van der Waals surface area contributed by atoms with Crippen LogP contribution in [0.2, 0.25) is 0 Å². The maximum Gasteiger partial charge on any atom is 0.133 e. The predicted octanol–water partition coefficient (Wildman–Crippen LogP) is 4.96.